The van der Waals surface area contributed by atoms with Crippen LogP contribution in [0.2, 0.25) is 0 Å². The van der Waals surface area contributed by atoms with E-state index in [1.54, 1.807) is 0 Å². The Morgan fingerprint density at radius 3 is 2.65 bits per heavy atom. The second kappa shape index (κ2) is 6.50. The Hall–Kier alpha value is -1.91. The van der Waals surface area contributed by atoms with Crippen molar-refractivity contribution in [2.45, 2.75) is 47.0 Å². The van der Waals surface area contributed by atoms with Crippen LogP contribution in [0.1, 0.15) is 41.9 Å². The summed E-state index contributed by atoms with van der Waals surface area (Å²) in [5.41, 5.74) is 3.29. The van der Waals surface area contributed by atoms with E-state index >= 15 is 0 Å². The van der Waals surface area contributed by atoms with Crippen molar-refractivity contribution >= 4 is 5.82 Å². The van der Waals surface area contributed by atoms with Crippen LogP contribution in [0.15, 0.2) is 10.6 Å². The van der Waals surface area contributed by atoms with Crippen LogP contribution in [0.5, 0.6) is 0 Å². The highest BCUT2D eigenvalue weighted by atomic mass is 16.5. The number of rotatable bonds is 6. The van der Waals surface area contributed by atoms with E-state index in [0.29, 0.717) is 0 Å². The van der Waals surface area contributed by atoms with Crippen LogP contribution in [0, 0.1) is 20.8 Å². The van der Waals surface area contributed by atoms with Gasteiger partial charge in [-0.3, -0.25) is 0 Å². The van der Waals surface area contributed by atoms with Crippen LogP contribution in [0.25, 0.3) is 0 Å². The summed E-state index contributed by atoms with van der Waals surface area (Å²) in [6, 6.07) is 2.02. The fourth-order valence-electron chi connectivity index (χ4n) is 2.24. The van der Waals surface area contributed by atoms with Crippen LogP contribution in [0.4, 0.5) is 5.82 Å². The van der Waals surface area contributed by atoms with Gasteiger partial charge in [0, 0.05) is 23.9 Å². The molecule has 0 atom stereocenters. The van der Waals surface area contributed by atoms with Crippen molar-refractivity contribution in [2.24, 2.45) is 0 Å². The molecule has 2 heterocycles. The summed E-state index contributed by atoms with van der Waals surface area (Å²) in [6.45, 7) is 8.85. The summed E-state index contributed by atoms with van der Waals surface area (Å²) >= 11 is 0. The topological polar surface area (TPSA) is 63.8 Å². The maximum absolute atomic E-state index is 5.17. The second-order valence-corrected chi connectivity index (χ2v) is 4.98. The predicted octanol–water partition coefficient (Wildman–Crippen LogP) is 3.00. The maximum Gasteiger partial charge on any atom is 0.137 e. The molecule has 20 heavy (non-hydrogen) atoms. The summed E-state index contributed by atoms with van der Waals surface area (Å²) in [5, 5.41) is 7.33. The Kier molecular flexibility index (Phi) is 4.71. The van der Waals surface area contributed by atoms with Crippen molar-refractivity contribution in [2.75, 3.05) is 11.9 Å². The molecule has 2 rings (SSSR count). The van der Waals surface area contributed by atoms with Gasteiger partial charge in [0.1, 0.15) is 17.4 Å². The maximum atomic E-state index is 5.17. The molecule has 0 spiro atoms. The molecule has 0 amide bonds. The molecule has 0 saturated carbocycles. The molecule has 108 valence electrons. The summed E-state index contributed by atoms with van der Waals surface area (Å²) < 4.78 is 5.17. The van der Waals surface area contributed by atoms with E-state index in [4.69, 9.17) is 4.52 Å². The van der Waals surface area contributed by atoms with Gasteiger partial charge in [0.15, 0.2) is 0 Å². The lowest BCUT2D eigenvalue weighted by Crippen LogP contribution is -2.07. The molecule has 2 aromatic heterocycles. The first kappa shape index (κ1) is 14.5. The van der Waals surface area contributed by atoms with Gasteiger partial charge in [0.2, 0.25) is 0 Å². The van der Waals surface area contributed by atoms with E-state index in [2.05, 4.69) is 27.4 Å². The highest BCUT2D eigenvalue weighted by Crippen LogP contribution is 2.14. The van der Waals surface area contributed by atoms with Gasteiger partial charge in [0.25, 0.3) is 0 Å². The lowest BCUT2D eigenvalue weighted by Gasteiger charge is -2.07. The number of hydrogen-bond donors (Lipinski definition) is 1. The van der Waals surface area contributed by atoms with Gasteiger partial charge < -0.3 is 9.84 Å². The minimum atomic E-state index is 0.817. The lowest BCUT2D eigenvalue weighted by molar-refractivity contribution is 0.392. The number of nitrogens with zero attached hydrogens (tertiary/aromatic N) is 3. The molecule has 0 unspecified atom stereocenters. The number of anilines is 1. The van der Waals surface area contributed by atoms with Crippen molar-refractivity contribution in [3.8, 4) is 0 Å². The monoisotopic (exact) mass is 274 g/mol. The number of aryl methyl sites for hydroxylation is 4. The van der Waals surface area contributed by atoms with Gasteiger partial charge in [0.05, 0.1) is 5.69 Å². The van der Waals surface area contributed by atoms with E-state index in [1.807, 2.05) is 26.8 Å². The first-order valence-corrected chi connectivity index (χ1v) is 7.10. The molecule has 5 nitrogen and oxygen atoms in total. The van der Waals surface area contributed by atoms with Gasteiger partial charge in [-0.1, -0.05) is 12.1 Å². The Balaban J connectivity index is 1.86. The van der Waals surface area contributed by atoms with Gasteiger partial charge in [-0.2, -0.15) is 0 Å². The summed E-state index contributed by atoms with van der Waals surface area (Å²) in [6.07, 6.45) is 2.92. The third-order valence-electron chi connectivity index (χ3n) is 3.34. The lowest BCUT2D eigenvalue weighted by atomic mass is 10.1. The molecular weight excluding hydrogens is 252 g/mol. The fourth-order valence-corrected chi connectivity index (χ4v) is 2.24. The molecule has 1 N–H and O–H groups in total. The van der Waals surface area contributed by atoms with Gasteiger partial charge in [-0.25, -0.2) is 9.97 Å². The molecule has 0 aromatic carbocycles. The fraction of sp³-hybridized carbons (Fsp3) is 0.533. The van der Waals surface area contributed by atoms with E-state index in [-0.39, 0.29) is 0 Å². The molecule has 5 heteroatoms. The van der Waals surface area contributed by atoms with Crippen molar-refractivity contribution in [1.29, 1.82) is 0 Å². The van der Waals surface area contributed by atoms with Gasteiger partial charge >= 0.3 is 0 Å². The molecule has 0 radical (unpaired) electrons. The van der Waals surface area contributed by atoms with Crippen LogP contribution >= 0.6 is 0 Å². The minimum absolute atomic E-state index is 0.817. The summed E-state index contributed by atoms with van der Waals surface area (Å²) in [4.78, 5) is 8.77. The Morgan fingerprint density at radius 1 is 1.20 bits per heavy atom. The highest BCUT2D eigenvalue weighted by Gasteiger charge is 2.08. The smallest absolute Gasteiger partial charge is 0.137 e. The Labute approximate surface area is 119 Å². The SMILES string of the molecule is CCc1cc(NCCCc2c(C)noc2C)nc(C)n1. The molecule has 0 aliphatic carbocycles. The standard InChI is InChI=1S/C15H22N4O/c1-5-13-9-15(18-12(4)17-13)16-8-6-7-14-10(2)19-20-11(14)3/h9H,5-8H2,1-4H3,(H,16,17,18). The van der Waals surface area contributed by atoms with Gasteiger partial charge in [-0.15, -0.1) is 0 Å². The number of aromatic nitrogens is 3. The number of nitrogens with one attached hydrogen (secondary N) is 1. The quantitative estimate of drug-likeness (QED) is 0.820. The largest absolute Gasteiger partial charge is 0.370 e. The zero-order chi connectivity index (χ0) is 14.5. The predicted molar refractivity (Wildman–Crippen MR) is 78.9 cm³/mol. The van der Waals surface area contributed by atoms with Crippen molar-refractivity contribution < 1.29 is 4.52 Å². The zero-order valence-corrected chi connectivity index (χ0v) is 12.7. The van der Waals surface area contributed by atoms with Crippen molar-refractivity contribution in [3.05, 3.63) is 34.6 Å². The average molecular weight is 274 g/mol. The summed E-state index contributed by atoms with van der Waals surface area (Å²) in [7, 11) is 0. The van der Waals surface area contributed by atoms with Crippen molar-refractivity contribution in [3.63, 3.8) is 0 Å². The molecule has 0 aliphatic heterocycles. The first-order valence-electron chi connectivity index (χ1n) is 7.10. The third-order valence-corrected chi connectivity index (χ3v) is 3.34. The number of hydrogen-bond acceptors (Lipinski definition) is 5. The molecule has 0 saturated heterocycles. The van der Waals surface area contributed by atoms with E-state index < -0.39 is 0 Å². The highest BCUT2D eigenvalue weighted by molar-refractivity contribution is 5.36. The van der Waals surface area contributed by atoms with E-state index in [9.17, 15) is 0 Å². The zero-order valence-electron chi connectivity index (χ0n) is 12.7. The average Bonchev–Trinajstić information content (AvgIpc) is 2.74. The molecular formula is C15H22N4O. The second-order valence-electron chi connectivity index (χ2n) is 4.98. The van der Waals surface area contributed by atoms with Gasteiger partial charge in [-0.05, 0) is 40.0 Å². The molecule has 0 aliphatic rings. The van der Waals surface area contributed by atoms with E-state index in [1.165, 1.54) is 5.56 Å². The molecule has 0 fully saturated rings. The molecule has 2 aromatic rings. The Bertz CT molecular complexity index is 558. The minimum Gasteiger partial charge on any atom is -0.370 e. The van der Waals surface area contributed by atoms with E-state index in [0.717, 1.165) is 54.6 Å². The van der Waals surface area contributed by atoms with Crippen LogP contribution < -0.4 is 5.32 Å². The summed E-state index contributed by atoms with van der Waals surface area (Å²) in [5.74, 6) is 2.65. The van der Waals surface area contributed by atoms with Crippen LogP contribution in [-0.4, -0.2) is 21.7 Å². The molecule has 0 bridgehead atoms. The third kappa shape index (κ3) is 3.56. The first-order chi connectivity index (χ1) is 9.60. The van der Waals surface area contributed by atoms with Crippen molar-refractivity contribution in [1.82, 2.24) is 15.1 Å². The van der Waals surface area contributed by atoms with Crippen LogP contribution in [0.3, 0.4) is 0 Å². The normalized spacial score (nSPS) is 10.8. The Morgan fingerprint density at radius 2 is 2.00 bits per heavy atom. The van der Waals surface area contributed by atoms with Crippen LogP contribution in [-0.2, 0) is 12.8 Å².